The van der Waals surface area contributed by atoms with Crippen LogP contribution in [0.3, 0.4) is 0 Å². The highest BCUT2D eigenvalue weighted by molar-refractivity contribution is 5.96. The van der Waals surface area contributed by atoms with Crippen molar-refractivity contribution in [2.24, 2.45) is 0 Å². The van der Waals surface area contributed by atoms with Crippen LogP contribution >= 0.6 is 0 Å². The maximum absolute atomic E-state index is 12.3. The van der Waals surface area contributed by atoms with Crippen LogP contribution in [0.15, 0.2) is 36.4 Å². The number of carbonyl (C=O) groups excluding carboxylic acids is 3. The fourth-order valence-electron chi connectivity index (χ4n) is 3.17. The number of carbonyl (C=O) groups is 3. The maximum atomic E-state index is 12.3. The van der Waals surface area contributed by atoms with Crippen LogP contribution in [0.4, 0.5) is 11.4 Å². The number of hydrogen-bond acceptors (Lipinski definition) is 6. The Morgan fingerprint density at radius 2 is 1.90 bits per heavy atom. The summed E-state index contributed by atoms with van der Waals surface area (Å²) in [4.78, 5) is 37.5. The molecule has 2 aromatic rings. The Morgan fingerprint density at radius 3 is 2.59 bits per heavy atom. The van der Waals surface area contributed by atoms with Crippen molar-refractivity contribution in [2.75, 3.05) is 37.6 Å². The molecular weight excluding hydrogens is 376 g/mol. The summed E-state index contributed by atoms with van der Waals surface area (Å²) in [7, 11) is 2.76. The number of nitrogens with one attached hydrogen (secondary N) is 1. The highest BCUT2D eigenvalue weighted by Gasteiger charge is 2.22. The molecule has 8 heteroatoms. The van der Waals surface area contributed by atoms with Crippen molar-refractivity contribution in [1.29, 1.82) is 0 Å². The predicted octanol–water partition coefficient (Wildman–Crippen LogP) is 2.41. The SMILES string of the molecule is COC(=O)c1ccc(OC)cc1OCC(=O)Nc1ccc2c(c1)CCN2C(C)=O. The third kappa shape index (κ3) is 4.48. The molecule has 0 saturated carbocycles. The lowest BCUT2D eigenvalue weighted by molar-refractivity contribution is -0.118. The standard InChI is InChI=1S/C21H22N2O6/c1-13(24)23-9-8-14-10-15(4-7-18(14)23)22-20(25)12-29-19-11-16(27-2)5-6-17(19)21(26)28-3/h4-7,10-11H,8-9,12H2,1-3H3,(H,22,25). The van der Waals surface area contributed by atoms with Crippen molar-refractivity contribution >= 4 is 29.2 Å². The number of esters is 1. The van der Waals surface area contributed by atoms with E-state index < -0.39 is 5.97 Å². The molecule has 0 bridgehead atoms. The van der Waals surface area contributed by atoms with Crippen LogP contribution in [0.1, 0.15) is 22.8 Å². The summed E-state index contributed by atoms with van der Waals surface area (Å²) >= 11 is 0. The van der Waals surface area contributed by atoms with Crippen LogP contribution in [0.25, 0.3) is 0 Å². The third-order valence-corrected chi connectivity index (χ3v) is 4.59. The van der Waals surface area contributed by atoms with E-state index >= 15 is 0 Å². The number of methoxy groups -OCH3 is 2. The van der Waals surface area contributed by atoms with Crippen molar-refractivity contribution in [1.82, 2.24) is 0 Å². The van der Waals surface area contributed by atoms with Crippen molar-refractivity contribution in [3.05, 3.63) is 47.5 Å². The van der Waals surface area contributed by atoms with Crippen LogP contribution in [-0.4, -0.2) is 45.2 Å². The normalized spacial score (nSPS) is 12.2. The van der Waals surface area contributed by atoms with Gasteiger partial charge in [0.1, 0.15) is 17.1 Å². The van der Waals surface area contributed by atoms with Gasteiger partial charge in [0.2, 0.25) is 5.91 Å². The topological polar surface area (TPSA) is 94.2 Å². The molecule has 1 heterocycles. The van der Waals surface area contributed by atoms with E-state index in [1.54, 1.807) is 17.0 Å². The van der Waals surface area contributed by atoms with E-state index in [4.69, 9.17) is 14.2 Å². The molecule has 0 saturated heterocycles. The molecule has 0 aromatic heterocycles. The minimum absolute atomic E-state index is 0.00589. The predicted molar refractivity (Wildman–Crippen MR) is 107 cm³/mol. The lowest BCUT2D eigenvalue weighted by Crippen LogP contribution is -2.25. The van der Waals surface area contributed by atoms with Crippen LogP contribution < -0.4 is 19.7 Å². The van der Waals surface area contributed by atoms with Crippen molar-refractivity contribution in [2.45, 2.75) is 13.3 Å². The molecule has 2 aromatic carbocycles. The smallest absolute Gasteiger partial charge is 0.341 e. The van der Waals surface area contributed by atoms with Gasteiger partial charge in [-0.25, -0.2) is 4.79 Å². The summed E-state index contributed by atoms with van der Waals surface area (Å²) in [6.07, 6.45) is 0.738. The van der Waals surface area contributed by atoms with E-state index in [2.05, 4.69) is 5.32 Å². The van der Waals surface area contributed by atoms with E-state index in [-0.39, 0.29) is 29.7 Å². The third-order valence-electron chi connectivity index (χ3n) is 4.59. The fraction of sp³-hybridized carbons (Fsp3) is 0.286. The van der Waals surface area contributed by atoms with Gasteiger partial charge in [0.25, 0.3) is 5.91 Å². The van der Waals surface area contributed by atoms with Gasteiger partial charge < -0.3 is 24.4 Å². The average molecular weight is 398 g/mol. The molecule has 3 rings (SSSR count). The molecule has 0 spiro atoms. The molecule has 8 nitrogen and oxygen atoms in total. The van der Waals surface area contributed by atoms with Crippen LogP contribution in [0.5, 0.6) is 11.5 Å². The second-order valence-corrected chi connectivity index (χ2v) is 6.45. The Balaban J connectivity index is 1.67. The maximum Gasteiger partial charge on any atom is 0.341 e. The molecule has 0 aliphatic carbocycles. The first-order valence-corrected chi connectivity index (χ1v) is 9.03. The number of ether oxygens (including phenoxy) is 3. The van der Waals surface area contributed by atoms with E-state index in [1.807, 2.05) is 12.1 Å². The van der Waals surface area contributed by atoms with Crippen LogP contribution in [0.2, 0.25) is 0 Å². The molecule has 0 fully saturated rings. The molecule has 152 valence electrons. The quantitative estimate of drug-likeness (QED) is 0.751. The monoisotopic (exact) mass is 398 g/mol. The Bertz CT molecular complexity index is 956. The van der Waals surface area contributed by atoms with Gasteiger partial charge in [-0.3, -0.25) is 9.59 Å². The van der Waals surface area contributed by atoms with Crippen LogP contribution in [-0.2, 0) is 20.7 Å². The van der Waals surface area contributed by atoms with E-state index in [0.29, 0.717) is 18.0 Å². The second-order valence-electron chi connectivity index (χ2n) is 6.45. The summed E-state index contributed by atoms with van der Waals surface area (Å²) < 4.78 is 15.4. The Labute approximate surface area is 168 Å². The summed E-state index contributed by atoms with van der Waals surface area (Å²) in [5, 5.41) is 2.76. The molecule has 0 radical (unpaired) electrons. The first-order valence-electron chi connectivity index (χ1n) is 9.03. The molecule has 2 amide bonds. The molecule has 0 unspecified atom stereocenters. The Hall–Kier alpha value is -3.55. The number of fused-ring (bicyclic) bond motifs is 1. The number of rotatable bonds is 6. The minimum atomic E-state index is -0.572. The summed E-state index contributed by atoms with van der Waals surface area (Å²) in [5.74, 6) is -0.283. The molecule has 1 N–H and O–H groups in total. The number of nitrogens with zero attached hydrogens (tertiary/aromatic N) is 1. The zero-order chi connectivity index (χ0) is 21.0. The lowest BCUT2D eigenvalue weighted by Gasteiger charge is -2.15. The zero-order valence-corrected chi connectivity index (χ0v) is 16.5. The van der Waals surface area contributed by atoms with Gasteiger partial charge in [0.05, 0.1) is 14.2 Å². The first kappa shape index (κ1) is 20.2. The van der Waals surface area contributed by atoms with Gasteiger partial charge in [0.15, 0.2) is 6.61 Å². The van der Waals surface area contributed by atoms with E-state index in [1.165, 1.54) is 33.3 Å². The van der Waals surface area contributed by atoms with Crippen molar-refractivity contribution in [3.8, 4) is 11.5 Å². The van der Waals surface area contributed by atoms with E-state index in [9.17, 15) is 14.4 Å². The number of anilines is 2. The van der Waals surface area contributed by atoms with Gasteiger partial charge in [-0.05, 0) is 42.3 Å². The van der Waals surface area contributed by atoms with Gasteiger partial charge in [-0.15, -0.1) is 0 Å². The fourth-order valence-corrected chi connectivity index (χ4v) is 3.17. The van der Waals surface area contributed by atoms with Crippen LogP contribution in [0, 0.1) is 0 Å². The summed E-state index contributed by atoms with van der Waals surface area (Å²) in [6.45, 7) is 1.87. The lowest BCUT2D eigenvalue weighted by atomic mass is 10.1. The van der Waals surface area contributed by atoms with Gasteiger partial charge in [0, 0.05) is 30.9 Å². The van der Waals surface area contributed by atoms with Gasteiger partial charge in [-0.1, -0.05) is 0 Å². The van der Waals surface area contributed by atoms with Gasteiger partial charge >= 0.3 is 5.97 Å². The molecule has 1 aliphatic heterocycles. The molecular formula is C21H22N2O6. The second kappa shape index (κ2) is 8.64. The highest BCUT2D eigenvalue weighted by atomic mass is 16.5. The van der Waals surface area contributed by atoms with Crippen molar-refractivity contribution in [3.63, 3.8) is 0 Å². The van der Waals surface area contributed by atoms with Gasteiger partial charge in [-0.2, -0.15) is 0 Å². The number of hydrogen-bond donors (Lipinski definition) is 1. The number of amides is 2. The number of benzene rings is 2. The summed E-state index contributed by atoms with van der Waals surface area (Å²) in [5.41, 5.74) is 2.68. The minimum Gasteiger partial charge on any atom is -0.497 e. The Morgan fingerprint density at radius 1 is 1.10 bits per heavy atom. The average Bonchev–Trinajstić information content (AvgIpc) is 3.15. The molecule has 0 atom stereocenters. The Kier molecular flexibility index (Phi) is 6.01. The molecule has 1 aliphatic rings. The highest BCUT2D eigenvalue weighted by Crippen LogP contribution is 2.30. The van der Waals surface area contributed by atoms with E-state index in [0.717, 1.165) is 17.7 Å². The largest absolute Gasteiger partial charge is 0.497 e. The molecule has 29 heavy (non-hydrogen) atoms. The summed E-state index contributed by atoms with van der Waals surface area (Å²) in [6, 6.07) is 10.0. The first-order chi connectivity index (χ1) is 13.9. The van der Waals surface area contributed by atoms with Crippen molar-refractivity contribution < 1.29 is 28.6 Å². The zero-order valence-electron chi connectivity index (χ0n) is 16.5.